The molecule has 14 heavy (non-hydrogen) atoms. The fourth-order valence-corrected chi connectivity index (χ4v) is 1.47. The Labute approximate surface area is 82.6 Å². The number of nitrogens with zero attached hydrogens (tertiary/aromatic N) is 3. The second kappa shape index (κ2) is 3.15. The minimum atomic E-state index is -0.0722. The van der Waals surface area contributed by atoms with Crippen LogP contribution in [0.2, 0.25) is 0 Å². The van der Waals surface area contributed by atoms with Crippen molar-refractivity contribution in [3.8, 4) is 6.07 Å². The summed E-state index contributed by atoms with van der Waals surface area (Å²) < 4.78 is 2.01. The fraction of sp³-hybridized carbons (Fsp3) is 0.273. The lowest BCUT2D eigenvalue weighted by Gasteiger charge is -2.03. The van der Waals surface area contributed by atoms with Gasteiger partial charge in [0.25, 0.3) is 0 Å². The minimum Gasteiger partial charge on any atom is -0.304 e. The van der Waals surface area contributed by atoms with Crippen molar-refractivity contribution in [1.82, 2.24) is 9.38 Å². The lowest BCUT2D eigenvalue weighted by Crippen LogP contribution is -1.93. The molecule has 1 unspecified atom stereocenters. The van der Waals surface area contributed by atoms with Crippen molar-refractivity contribution in [2.45, 2.75) is 19.8 Å². The standard InChI is InChI=1S/C11H11N3/c1-8(6-12)10-3-4-14-9(2)7-13-11(14)5-10/h3-5,7-8H,1-2H3. The van der Waals surface area contributed by atoms with Crippen LogP contribution in [0.25, 0.3) is 5.65 Å². The van der Waals surface area contributed by atoms with Crippen molar-refractivity contribution < 1.29 is 0 Å². The van der Waals surface area contributed by atoms with Crippen LogP contribution in [0.5, 0.6) is 0 Å². The molecule has 3 heteroatoms. The maximum Gasteiger partial charge on any atom is 0.137 e. The summed E-state index contributed by atoms with van der Waals surface area (Å²) in [5, 5.41) is 8.79. The molecule has 0 bridgehead atoms. The van der Waals surface area contributed by atoms with E-state index in [1.54, 1.807) is 0 Å². The topological polar surface area (TPSA) is 41.1 Å². The molecule has 70 valence electrons. The largest absolute Gasteiger partial charge is 0.304 e. The van der Waals surface area contributed by atoms with Gasteiger partial charge in [-0.3, -0.25) is 0 Å². The van der Waals surface area contributed by atoms with Gasteiger partial charge in [0.1, 0.15) is 5.65 Å². The van der Waals surface area contributed by atoms with E-state index >= 15 is 0 Å². The number of pyridine rings is 1. The second-order valence-corrected chi connectivity index (χ2v) is 3.44. The predicted molar refractivity (Wildman–Crippen MR) is 54.0 cm³/mol. The predicted octanol–water partition coefficient (Wildman–Crippen LogP) is 2.27. The molecule has 2 rings (SSSR count). The maximum atomic E-state index is 8.79. The van der Waals surface area contributed by atoms with Gasteiger partial charge in [-0.25, -0.2) is 4.98 Å². The summed E-state index contributed by atoms with van der Waals surface area (Å²) in [5.41, 5.74) is 3.03. The van der Waals surface area contributed by atoms with Crippen LogP contribution in [0.1, 0.15) is 24.1 Å². The van der Waals surface area contributed by atoms with Crippen molar-refractivity contribution in [2.24, 2.45) is 0 Å². The van der Waals surface area contributed by atoms with E-state index in [1.165, 1.54) is 0 Å². The van der Waals surface area contributed by atoms with Gasteiger partial charge in [-0.1, -0.05) is 0 Å². The summed E-state index contributed by atoms with van der Waals surface area (Å²) in [5.74, 6) is -0.0722. The van der Waals surface area contributed by atoms with Crippen molar-refractivity contribution in [3.05, 3.63) is 35.8 Å². The van der Waals surface area contributed by atoms with E-state index in [0.717, 1.165) is 16.9 Å². The van der Waals surface area contributed by atoms with Gasteiger partial charge in [0.15, 0.2) is 0 Å². The number of hydrogen-bond acceptors (Lipinski definition) is 2. The normalized spacial score (nSPS) is 12.6. The first-order valence-corrected chi connectivity index (χ1v) is 4.55. The van der Waals surface area contributed by atoms with Crippen molar-refractivity contribution >= 4 is 5.65 Å². The first-order valence-electron chi connectivity index (χ1n) is 4.55. The molecule has 3 nitrogen and oxygen atoms in total. The molecular weight excluding hydrogens is 174 g/mol. The first-order chi connectivity index (χ1) is 6.72. The molecule has 0 radical (unpaired) electrons. The summed E-state index contributed by atoms with van der Waals surface area (Å²) in [6.45, 7) is 3.90. The Hall–Kier alpha value is -1.82. The Balaban J connectivity index is 2.58. The van der Waals surface area contributed by atoms with Gasteiger partial charge in [0.2, 0.25) is 0 Å². The zero-order chi connectivity index (χ0) is 10.1. The van der Waals surface area contributed by atoms with E-state index < -0.39 is 0 Å². The van der Waals surface area contributed by atoms with Gasteiger partial charge in [-0.05, 0) is 31.5 Å². The molecule has 0 spiro atoms. The van der Waals surface area contributed by atoms with Crippen LogP contribution in [0, 0.1) is 18.3 Å². The highest BCUT2D eigenvalue weighted by molar-refractivity contribution is 5.44. The van der Waals surface area contributed by atoms with Gasteiger partial charge in [0, 0.05) is 18.1 Å². The summed E-state index contributed by atoms with van der Waals surface area (Å²) in [4.78, 5) is 4.25. The highest BCUT2D eigenvalue weighted by atomic mass is 15.0. The molecule has 0 aliphatic carbocycles. The van der Waals surface area contributed by atoms with E-state index in [0.29, 0.717) is 0 Å². The molecule has 2 aromatic heterocycles. The summed E-state index contributed by atoms with van der Waals surface area (Å²) >= 11 is 0. The molecule has 1 atom stereocenters. The van der Waals surface area contributed by atoms with Crippen LogP contribution < -0.4 is 0 Å². The van der Waals surface area contributed by atoms with E-state index in [-0.39, 0.29) is 5.92 Å². The molecule has 0 amide bonds. The number of nitriles is 1. The monoisotopic (exact) mass is 185 g/mol. The molecule has 0 N–H and O–H groups in total. The molecule has 2 heterocycles. The molecule has 2 aromatic rings. The van der Waals surface area contributed by atoms with Crippen LogP contribution in [-0.2, 0) is 0 Å². The highest BCUT2D eigenvalue weighted by Crippen LogP contribution is 2.16. The molecule has 0 saturated heterocycles. The van der Waals surface area contributed by atoms with Gasteiger partial charge in [0.05, 0.1) is 12.0 Å². The summed E-state index contributed by atoms with van der Waals surface area (Å²) in [6, 6.07) is 6.14. The Kier molecular flexibility index (Phi) is 1.97. The number of hydrogen-bond donors (Lipinski definition) is 0. The van der Waals surface area contributed by atoms with Crippen molar-refractivity contribution in [3.63, 3.8) is 0 Å². The van der Waals surface area contributed by atoms with Crippen molar-refractivity contribution in [1.29, 1.82) is 5.26 Å². The quantitative estimate of drug-likeness (QED) is 0.683. The zero-order valence-corrected chi connectivity index (χ0v) is 8.23. The number of rotatable bonds is 1. The van der Waals surface area contributed by atoms with Gasteiger partial charge >= 0.3 is 0 Å². The Bertz CT molecular complexity index is 505. The second-order valence-electron chi connectivity index (χ2n) is 3.44. The zero-order valence-electron chi connectivity index (χ0n) is 8.23. The van der Waals surface area contributed by atoms with E-state index in [2.05, 4.69) is 11.1 Å². The Morgan fingerprint density at radius 3 is 3.07 bits per heavy atom. The van der Waals surface area contributed by atoms with Crippen LogP contribution in [0.3, 0.4) is 0 Å². The SMILES string of the molecule is Cc1cnc2cc(C(C)C#N)ccn12. The van der Waals surface area contributed by atoms with Gasteiger partial charge in [-0.2, -0.15) is 5.26 Å². The van der Waals surface area contributed by atoms with Gasteiger partial charge in [-0.15, -0.1) is 0 Å². The summed E-state index contributed by atoms with van der Waals surface area (Å²) in [7, 11) is 0. The summed E-state index contributed by atoms with van der Waals surface area (Å²) in [6.07, 6.45) is 3.79. The number of aromatic nitrogens is 2. The van der Waals surface area contributed by atoms with Crippen molar-refractivity contribution in [2.75, 3.05) is 0 Å². The van der Waals surface area contributed by atoms with E-state index in [4.69, 9.17) is 5.26 Å². The van der Waals surface area contributed by atoms with Gasteiger partial charge < -0.3 is 4.40 Å². The fourth-order valence-electron chi connectivity index (χ4n) is 1.47. The maximum absolute atomic E-state index is 8.79. The third kappa shape index (κ3) is 1.25. The molecule has 0 aliphatic heterocycles. The Morgan fingerprint density at radius 1 is 1.57 bits per heavy atom. The average molecular weight is 185 g/mol. The average Bonchev–Trinajstić information content (AvgIpc) is 2.59. The van der Waals surface area contributed by atoms with Crippen LogP contribution in [-0.4, -0.2) is 9.38 Å². The minimum absolute atomic E-state index is 0.0722. The van der Waals surface area contributed by atoms with Crippen LogP contribution in [0.4, 0.5) is 0 Å². The molecule has 0 saturated carbocycles. The highest BCUT2D eigenvalue weighted by Gasteiger charge is 2.05. The third-order valence-corrected chi connectivity index (χ3v) is 2.42. The lowest BCUT2D eigenvalue weighted by atomic mass is 10.0. The lowest BCUT2D eigenvalue weighted by molar-refractivity contribution is 0.968. The van der Waals surface area contributed by atoms with Crippen LogP contribution in [0.15, 0.2) is 24.5 Å². The van der Waals surface area contributed by atoms with E-state index in [9.17, 15) is 0 Å². The molecule has 0 aliphatic rings. The molecule has 0 fully saturated rings. The number of fused-ring (bicyclic) bond motifs is 1. The molecule has 0 aromatic carbocycles. The number of imidazole rings is 1. The third-order valence-electron chi connectivity index (χ3n) is 2.42. The number of aryl methyl sites for hydroxylation is 1. The van der Waals surface area contributed by atoms with E-state index in [1.807, 2.05) is 42.8 Å². The first kappa shape index (κ1) is 8.76. The van der Waals surface area contributed by atoms with Crippen LogP contribution >= 0.6 is 0 Å². The smallest absolute Gasteiger partial charge is 0.137 e. The molecular formula is C11H11N3. The Morgan fingerprint density at radius 2 is 2.36 bits per heavy atom.